The molecule has 0 unspecified atom stereocenters. The molecule has 6 nitrogen and oxygen atoms in total. The summed E-state index contributed by atoms with van der Waals surface area (Å²) >= 11 is 0. The Hall–Kier alpha value is -2.50. The van der Waals surface area contributed by atoms with Gasteiger partial charge in [0.05, 0.1) is 18.4 Å². The predicted octanol–water partition coefficient (Wildman–Crippen LogP) is 2.10. The highest BCUT2D eigenvalue weighted by molar-refractivity contribution is 5.88. The van der Waals surface area contributed by atoms with Gasteiger partial charge in [-0.15, -0.1) is 0 Å². The Labute approximate surface area is 124 Å². The number of aromatic carboxylic acids is 1. The molecule has 0 spiro atoms. The molecule has 0 aliphatic heterocycles. The maximum Gasteiger partial charge on any atom is 0.339 e. The highest BCUT2D eigenvalue weighted by atomic mass is 16.4. The molecule has 2 rings (SSSR count). The van der Waals surface area contributed by atoms with Crippen LogP contribution in [0.15, 0.2) is 24.4 Å². The second-order valence-corrected chi connectivity index (χ2v) is 5.18. The van der Waals surface area contributed by atoms with E-state index in [-0.39, 0.29) is 5.56 Å². The lowest BCUT2D eigenvalue weighted by Crippen LogP contribution is -2.12. The van der Waals surface area contributed by atoms with Crippen molar-refractivity contribution in [3.63, 3.8) is 0 Å². The zero-order valence-electron chi connectivity index (χ0n) is 12.7. The van der Waals surface area contributed by atoms with Gasteiger partial charge in [-0.25, -0.2) is 4.79 Å². The average Bonchev–Trinajstić information content (AvgIpc) is 2.79. The van der Waals surface area contributed by atoms with Crippen LogP contribution in [-0.4, -0.2) is 35.0 Å². The fourth-order valence-electron chi connectivity index (χ4n) is 2.24. The first kappa shape index (κ1) is 14.9. The van der Waals surface area contributed by atoms with Gasteiger partial charge in [0, 0.05) is 32.5 Å². The molecule has 112 valence electrons. The number of aromatic nitrogens is 2. The van der Waals surface area contributed by atoms with E-state index in [9.17, 15) is 4.79 Å². The van der Waals surface area contributed by atoms with Crippen LogP contribution in [0.25, 0.3) is 0 Å². The first-order chi connectivity index (χ1) is 9.90. The Balaban J connectivity index is 2.19. The molecule has 1 aromatic heterocycles. The molecule has 0 atom stereocenters. The van der Waals surface area contributed by atoms with Crippen LogP contribution >= 0.6 is 0 Å². The first-order valence-electron chi connectivity index (χ1n) is 6.66. The standard InChI is InChI=1S/C15H20N4O2/c1-10-5-6-11(7-13(10)18(2)3)16-9-14-12(15(20)21)8-17-19(14)4/h5-8,16H,9H2,1-4H3,(H,20,21). The number of hydrogen-bond donors (Lipinski definition) is 2. The third kappa shape index (κ3) is 3.16. The molecule has 2 aromatic rings. The van der Waals surface area contributed by atoms with Crippen molar-refractivity contribution < 1.29 is 9.90 Å². The highest BCUT2D eigenvalue weighted by Gasteiger charge is 2.14. The molecule has 0 fully saturated rings. The lowest BCUT2D eigenvalue weighted by molar-refractivity contribution is 0.0695. The van der Waals surface area contributed by atoms with Crippen molar-refractivity contribution in [3.8, 4) is 0 Å². The SMILES string of the molecule is Cc1ccc(NCc2c(C(=O)O)cnn2C)cc1N(C)C. The van der Waals surface area contributed by atoms with Crippen molar-refractivity contribution in [2.45, 2.75) is 13.5 Å². The third-order valence-corrected chi connectivity index (χ3v) is 3.44. The molecule has 2 N–H and O–H groups in total. The molecular formula is C15H20N4O2. The minimum Gasteiger partial charge on any atom is -0.478 e. The van der Waals surface area contributed by atoms with Gasteiger partial charge in [0.2, 0.25) is 0 Å². The number of nitrogens with zero attached hydrogens (tertiary/aromatic N) is 3. The fourth-order valence-corrected chi connectivity index (χ4v) is 2.24. The van der Waals surface area contributed by atoms with Gasteiger partial charge < -0.3 is 15.3 Å². The summed E-state index contributed by atoms with van der Waals surface area (Å²) in [6.07, 6.45) is 1.37. The molecule has 0 bridgehead atoms. The Morgan fingerprint density at radius 2 is 2.14 bits per heavy atom. The minimum atomic E-state index is -0.960. The maximum atomic E-state index is 11.1. The predicted molar refractivity (Wildman–Crippen MR) is 83.0 cm³/mol. The van der Waals surface area contributed by atoms with Gasteiger partial charge in [0.1, 0.15) is 5.56 Å². The van der Waals surface area contributed by atoms with Crippen molar-refractivity contribution in [2.24, 2.45) is 7.05 Å². The van der Waals surface area contributed by atoms with Crippen LogP contribution in [0.1, 0.15) is 21.6 Å². The summed E-state index contributed by atoms with van der Waals surface area (Å²) in [4.78, 5) is 13.2. The molecule has 1 aromatic carbocycles. The summed E-state index contributed by atoms with van der Waals surface area (Å²) in [6.45, 7) is 2.47. The summed E-state index contributed by atoms with van der Waals surface area (Å²) in [7, 11) is 5.73. The topological polar surface area (TPSA) is 70.4 Å². The highest BCUT2D eigenvalue weighted by Crippen LogP contribution is 2.23. The molecule has 0 saturated heterocycles. The zero-order valence-corrected chi connectivity index (χ0v) is 12.7. The monoisotopic (exact) mass is 288 g/mol. The molecule has 0 saturated carbocycles. The smallest absolute Gasteiger partial charge is 0.339 e. The number of hydrogen-bond acceptors (Lipinski definition) is 4. The van der Waals surface area contributed by atoms with Gasteiger partial charge in [0.25, 0.3) is 0 Å². The van der Waals surface area contributed by atoms with Crippen molar-refractivity contribution in [3.05, 3.63) is 41.2 Å². The van der Waals surface area contributed by atoms with E-state index in [1.807, 2.05) is 37.2 Å². The normalized spacial score (nSPS) is 10.5. The zero-order chi connectivity index (χ0) is 15.6. The van der Waals surface area contributed by atoms with Crippen molar-refractivity contribution in [1.29, 1.82) is 0 Å². The largest absolute Gasteiger partial charge is 0.478 e. The van der Waals surface area contributed by atoms with Crippen LogP contribution in [0, 0.1) is 6.92 Å². The van der Waals surface area contributed by atoms with E-state index in [0.717, 1.165) is 11.4 Å². The Bertz CT molecular complexity index is 662. The van der Waals surface area contributed by atoms with E-state index in [4.69, 9.17) is 5.11 Å². The van der Waals surface area contributed by atoms with Gasteiger partial charge >= 0.3 is 5.97 Å². The molecule has 0 aliphatic carbocycles. The summed E-state index contributed by atoms with van der Waals surface area (Å²) in [5.41, 5.74) is 4.14. The van der Waals surface area contributed by atoms with Gasteiger partial charge in [-0.05, 0) is 24.6 Å². The fraction of sp³-hybridized carbons (Fsp3) is 0.333. The second-order valence-electron chi connectivity index (χ2n) is 5.18. The van der Waals surface area contributed by atoms with Gasteiger partial charge in [-0.2, -0.15) is 5.10 Å². The summed E-state index contributed by atoms with van der Waals surface area (Å²) in [5.74, 6) is -0.960. The van der Waals surface area contributed by atoms with Gasteiger partial charge in [-0.1, -0.05) is 6.07 Å². The first-order valence-corrected chi connectivity index (χ1v) is 6.66. The molecule has 0 amide bonds. The van der Waals surface area contributed by atoms with Crippen LogP contribution in [0.2, 0.25) is 0 Å². The van der Waals surface area contributed by atoms with Crippen molar-refractivity contribution in [2.75, 3.05) is 24.3 Å². The molecule has 6 heteroatoms. The molecule has 0 aliphatic rings. The van der Waals surface area contributed by atoms with Gasteiger partial charge in [0.15, 0.2) is 0 Å². The van der Waals surface area contributed by atoms with Gasteiger partial charge in [-0.3, -0.25) is 4.68 Å². The Morgan fingerprint density at radius 3 is 2.76 bits per heavy atom. The Kier molecular flexibility index (Phi) is 4.16. The quantitative estimate of drug-likeness (QED) is 0.881. The molecular weight excluding hydrogens is 268 g/mol. The van der Waals surface area contributed by atoms with E-state index >= 15 is 0 Å². The summed E-state index contributed by atoms with van der Waals surface area (Å²) < 4.78 is 1.58. The number of carboxylic acid groups (broad SMARTS) is 1. The van der Waals surface area contributed by atoms with E-state index in [2.05, 4.69) is 17.3 Å². The van der Waals surface area contributed by atoms with E-state index in [0.29, 0.717) is 12.2 Å². The second kappa shape index (κ2) is 5.87. The third-order valence-electron chi connectivity index (χ3n) is 3.44. The maximum absolute atomic E-state index is 11.1. The van der Waals surface area contributed by atoms with Crippen LogP contribution in [-0.2, 0) is 13.6 Å². The van der Waals surface area contributed by atoms with Crippen molar-refractivity contribution in [1.82, 2.24) is 9.78 Å². The number of anilines is 2. The van der Waals surface area contributed by atoms with Crippen molar-refractivity contribution >= 4 is 17.3 Å². The van der Waals surface area contributed by atoms with E-state index < -0.39 is 5.97 Å². The van der Waals surface area contributed by atoms with Crippen LogP contribution in [0.4, 0.5) is 11.4 Å². The number of benzene rings is 1. The van der Waals surface area contributed by atoms with Crippen LogP contribution < -0.4 is 10.2 Å². The molecule has 21 heavy (non-hydrogen) atoms. The minimum absolute atomic E-state index is 0.227. The number of nitrogens with one attached hydrogen (secondary N) is 1. The number of aryl methyl sites for hydroxylation is 2. The van der Waals surface area contributed by atoms with E-state index in [1.54, 1.807) is 11.7 Å². The number of carboxylic acids is 1. The lowest BCUT2D eigenvalue weighted by Gasteiger charge is -2.17. The van der Waals surface area contributed by atoms with Crippen LogP contribution in [0.3, 0.4) is 0 Å². The van der Waals surface area contributed by atoms with E-state index in [1.165, 1.54) is 11.8 Å². The number of rotatable bonds is 5. The summed E-state index contributed by atoms with van der Waals surface area (Å²) in [5, 5.41) is 16.4. The lowest BCUT2D eigenvalue weighted by atomic mass is 10.1. The Morgan fingerprint density at radius 1 is 1.43 bits per heavy atom. The number of carbonyl (C=O) groups is 1. The molecule has 0 radical (unpaired) electrons. The average molecular weight is 288 g/mol. The van der Waals surface area contributed by atoms with Crippen LogP contribution in [0.5, 0.6) is 0 Å². The summed E-state index contributed by atoms with van der Waals surface area (Å²) in [6, 6.07) is 6.07. The molecule has 1 heterocycles.